The molecule has 1 N–H and O–H groups in total. The Balaban J connectivity index is 1.93. The summed E-state index contributed by atoms with van der Waals surface area (Å²) in [5.74, 6) is 2.48. The normalized spacial score (nSPS) is 25.1. The van der Waals surface area contributed by atoms with Crippen LogP contribution in [0.4, 0.5) is 0 Å². The number of aliphatic hydroxyl groups is 1. The van der Waals surface area contributed by atoms with Crippen LogP contribution >= 0.6 is 23.1 Å². The number of aromatic nitrogens is 2. The van der Waals surface area contributed by atoms with E-state index in [4.69, 9.17) is 4.52 Å². The highest BCUT2D eigenvalue weighted by Gasteiger charge is 2.39. The molecule has 0 bridgehead atoms. The third kappa shape index (κ3) is 1.66. The molecule has 2 aromatic rings. The quantitative estimate of drug-likeness (QED) is 0.889. The zero-order valence-electron chi connectivity index (χ0n) is 8.42. The van der Waals surface area contributed by atoms with Crippen molar-refractivity contribution in [3.05, 3.63) is 22.7 Å². The van der Waals surface area contributed by atoms with E-state index < -0.39 is 5.60 Å². The highest BCUT2D eigenvalue weighted by Crippen LogP contribution is 2.36. The van der Waals surface area contributed by atoms with Crippen LogP contribution in [0.25, 0.3) is 11.4 Å². The van der Waals surface area contributed by atoms with E-state index in [1.54, 1.807) is 23.1 Å². The van der Waals surface area contributed by atoms with E-state index in [9.17, 15) is 5.11 Å². The van der Waals surface area contributed by atoms with Gasteiger partial charge in [-0.05, 0) is 23.6 Å². The lowest BCUT2D eigenvalue weighted by Crippen LogP contribution is -2.25. The SMILES string of the molecule is O[C@@]1(c2nc(-c3ccsc3)no2)CCSC1. The first-order valence-corrected chi connectivity index (χ1v) is 7.05. The van der Waals surface area contributed by atoms with Crippen molar-refractivity contribution < 1.29 is 9.63 Å². The van der Waals surface area contributed by atoms with Crippen molar-refractivity contribution in [2.24, 2.45) is 0 Å². The second-order valence-corrected chi connectivity index (χ2v) is 5.65. The second kappa shape index (κ2) is 3.87. The minimum absolute atomic E-state index is 0.346. The molecule has 0 aliphatic carbocycles. The Bertz CT molecular complexity index is 475. The maximum atomic E-state index is 10.3. The van der Waals surface area contributed by atoms with Gasteiger partial charge in [0.1, 0.15) is 0 Å². The number of thioether (sulfide) groups is 1. The lowest BCUT2D eigenvalue weighted by Gasteiger charge is -2.14. The van der Waals surface area contributed by atoms with Crippen molar-refractivity contribution in [2.45, 2.75) is 12.0 Å². The molecule has 4 nitrogen and oxygen atoms in total. The fourth-order valence-corrected chi connectivity index (χ4v) is 3.51. The van der Waals surface area contributed by atoms with Crippen LogP contribution in [0.15, 0.2) is 21.3 Å². The minimum atomic E-state index is -0.925. The van der Waals surface area contributed by atoms with Crippen LogP contribution in [0.5, 0.6) is 0 Å². The van der Waals surface area contributed by atoms with E-state index in [1.165, 1.54) is 0 Å². The van der Waals surface area contributed by atoms with E-state index >= 15 is 0 Å². The Hall–Kier alpha value is -0.850. The van der Waals surface area contributed by atoms with Gasteiger partial charge in [-0.25, -0.2) is 0 Å². The topological polar surface area (TPSA) is 59.2 Å². The first kappa shape index (κ1) is 10.3. The predicted molar refractivity (Wildman–Crippen MR) is 63.4 cm³/mol. The average Bonchev–Trinajstić information content (AvgIpc) is 2.98. The fraction of sp³-hybridized carbons (Fsp3) is 0.400. The summed E-state index contributed by atoms with van der Waals surface area (Å²) in [5.41, 5.74) is 0.0145. The van der Waals surface area contributed by atoms with Gasteiger partial charge in [0.15, 0.2) is 5.60 Å². The van der Waals surface area contributed by atoms with Crippen molar-refractivity contribution >= 4 is 23.1 Å². The lowest BCUT2D eigenvalue weighted by molar-refractivity contribution is 0.0307. The van der Waals surface area contributed by atoms with Crippen LogP contribution in [0.1, 0.15) is 12.3 Å². The zero-order chi connectivity index (χ0) is 11.0. The maximum Gasteiger partial charge on any atom is 0.259 e. The van der Waals surface area contributed by atoms with Crippen molar-refractivity contribution in [3.8, 4) is 11.4 Å². The standard InChI is InChI=1S/C10H10N2O2S2/c13-10(2-4-16-6-10)9-11-8(12-14-9)7-1-3-15-5-7/h1,3,5,13H,2,4,6H2/t10-/m0/s1. The fourth-order valence-electron chi connectivity index (χ4n) is 1.64. The van der Waals surface area contributed by atoms with Gasteiger partial charge in [-0.15, -0.1) is 0 Å². The van der Waals surface area contributed by atoms with Gasteiger partial charge >= 0.3 is 0 Å². The first-order valence-electron chi connectivity index (χ1n) is 4.95. The van der Waals surface area contributed by atoms with Gasteiger partial charge in [0, 0.05) is 16.7 Å². The van der Waals surface area contributed by atoms with E-state index in [-0.39, 0.29) is 0 Å². The average molecular weight is 254 g/mol. The molecule has 1 fully saturated rings. The third-order valence-corrected chi connectivity index (χ3v) is 4.46. The monoisotopic (exact) mass is 254 g/mol. The van der Waals surface area contributed by atoms with Gasteiger partial charge in [0.25, 0.3) is 5.89 Å². The molecule has 0 saturated carbocycles. The predicted octanol–water partition coefficient (Wildman–Crippen LogP) is 2.12. The number of thiophene rings is 1. The van der Waals surface area contributed by atoms with Crippen LogP contribution < -0.4 is 0 Å². The zero-order valence-corrected chi connectivity index (χ0v) is 10.1. The molecule has 16 heavy (non-hydrogen) atoms. The molecule has 6 heteroatoms. The Morgan fingerprint density at radius 2 is 2.44 bits per heavy atom. The summed E-state index contributed by atoms with van der Waals surface area (Å²) in [5, 5.41) is 18.1. The van der Waals surface area contributed by atoms with Crippen molar-refractivity contribution in [1.82, 2.24) is 10.1 Å². The smallest absolute Gasteiger partial charge is 0.259 e. The Morgan fingerprint density at radius 1 is 1.50 bits per heavy atom. The summed E-state index contributed by atoms with van der Waals surface area (Å²) in [6.07, 6.45) is 0.683. The third-order valence-electron chi connectivity index (χ3n) is 2.60. The Morgan fingerprint density at radius 3 is 3.12 bits per heavy atom. The molecule has 3 heterocycles. The number of hydrogen-bond donors (Lipinski definition) is 1. The summed E-state index contributed by atoms with van der Waals surface area (Å²) < 4.78 is 5.16. The molecule has 0 amide bonds. The molecule has 1 saturated heterocycles. The molecular weight excluding hydrogens is 244 g/mol. The highest BCUT2D eigenvalue weighted by molar-refractivity contribution is 7.99. The maximum absolute atomic E-state index is 10.3. The van der Waals surface area contributed by atoms with Crippen LogP contribution in [0, 0.1) is 0 Å². The Labute approximate surface area is 101 Å². The number of hydrogen-bond acceptors (Lipinski definition) is 6. The van der Waals surface area contributed by atoms with Gasteiger partial charge < -0.3 is 9.63 Å². The van der Waals surface area contributed by atoms with Crippen LogP contribution in [-0.4, -0.2) is 26.8 Å². The molecule has 1 aliphatic rings. The largest absolute Gasteiger partial charge is 0.379 e. The molecule has 0 unspecified atom stereocenters. The summed E-state index contributed by atoms with van der Waals surface area (Å²) in [4.78, 5) is 4.27. The van der Waals surface area contributed by atoms with Gasteiger partial charge in [-0.2, -0.15) is 28.1 Å². The molecule has 0 spiro atoms. The molecule has 2 aromatic heterocycles. The summed E-state index contributed by atoms with van der Waals surface area (Å²) in [7, 11) is 0. The highest BCUT2D eigenvalue weighted by atomic mass is 32.2. The molecule has 1 aliphatic heterocycles. The number of nitrogens with zero attached hydrogens (tertiary/aromatic N) is 2. The van der Waals surface area contributed by atoms with Gasteiger partial charge in [0.05, 0.1) is 0 Å². The van der Waals surface area contributed by atoms with E-state index in [0.29, 0.717) is 23.9 Å². The minimum Gasteiger partial charge on any atom is -0.379 e. The van der Waals surface area contributed by atoms with Crippen molar-refractivity contribution in [2.75, 3.05) is 11.5 Å². The molecular formula is C10H10N2O2S2. The van der Waals surface area contributed by atoms with Crippen molar-refractivity contribution in [3.63, 3.8) is 0 Å². The molecule has 84 valence electrons. The van der Waals surface area contributed by atoms with E-state index in [2.05, 4.69) is 10.1 Å². The van der Waals surface area contributed by atoms with Crippen LogP contribution in [-0.2, 0) is 5.60 Å². The van der Waals surface area contributed by atoms with E-state index in [0.717, 1.165) is 11.3 Å². The first-order chi connectivity index (χ1) is 7.78. The Kier molecular flexibility index (Phi) is 2.49. The summed E-state index contributed by atoms with van der Waals surface area (Å²) in [6, 6.07) is 1.94. The van der Waals surface area contributed by atoms with Crippen molar-refractivity contribution in [1.29, 1.82) is 0 Å². The van der Waals surface area contributed by atoms with Crippen LogP contribution in [0.2, 0.25) is 0 Å². The molecule has 3 rings (SSSR count). The number of rotatable bonds is 2. The molecule has 1 atom stereocenters. The lowest BCUT2D eigenvalue weighted by atomic mass is 10.0. The van der Waals surface area contributed by atoms with Crippen LogP contribution in [0.3, 0.4) is 0 Å². The molecule has 0 aromatic carbocycles. The van der Waals surface area contributed by atoms with E-state index in [1.807, 2.05) is 16.8 Å². The second-order valence-electron chi connectivity index (χ2n) is 3.77. The summed E-state index contributed by atoms with van der Waals surface area (Å²) >= 11 is 3.29. The van der Waals surface area contributed by atoms with Gasteiger partial charge in [0.2, 0.25) is 5.82 Å². The molecule has 0 radical (unpaired) electrons. The van der Waals surface area contributed by atoms with Gasteiger partial charge in [-0.3, -0.25) is 0 Å². The summed E-state index contributed by atoms with van der Waals surface area (Å²) in [6.45, 7) is 0. The van der Waals surface area contributed by atoms with Gasteiger partial charge in [-0.1, -0.05) is 5.16 Å².